The SMILES string of the molecule is CCOc1cc2occ(-c3cc(OC)ccc3OC)c2cc1/C(C)=C/C(=O)NCCC(C)C. The summed E-state index contributed by atoms with van der Waals surface area (Å²) in [6.45, 7) is 9.27. The Hall–Kier alpha value is -3.41. The zero-order valence-electron chi connectivity index (χ0n) is 20.3. The molecular formula is C27H33NO5. The molecule has 6 heteroatoms. The third kappa shape index (κ3) is 5.69. The molecule has 0 unspecified atom stereocenters. The number of amides is 1. The van der Waals surface area contributed by atoms with Gasteiger partial charge in [-0.3, -0.25) is 4.79 Å². The van der Waals surface area contributed by atoms with Gasteiger partial charge in [0.05, 0.1) is 27.1 Å². The zero-order valence-corrected chi connectivity index (χ0v) is 20.3. The molecule has 0 saturated carbocycles. The standard InChI is InChI=1S/C27H33NO5/c1-7-32-25-15-26-22(14-20(25)18(4)12-27(29)28-11-10-17(2)3)23(16-33-26)21-13-19(30-5)8-9-24(21)31-6/h8-9,12-17H,7,10-11H2,1-6H3,(H,28,29)/b18-12+. The van der Waals surface area contributed by atoms with Crippen LogP contribution >= 0.6 is 0 Å². The van der Waals surface area contributed by atoms with Gasteiger partial charge in [0.25, 0.3) is 0 Å². The molecular weight excluding hydrogens is 418 g/mol. The summed E-state index contributed by atoms with van der Waals surface area (Å²) in [5.41, 5.74) is 4.08. The van der Waals surface area contributed by atoms with Crippen LogP contribution in [0.3, 0.4) is 0 Å². The molecule has 1 N–H and O–H groups in total. The summed E-state index contributed by atoms with van der Waals surface area (Å²) in [7, 11) is 3.27. The summed E-state index contributed by atoms with van der Waals surface area (Å²) in [6, 6.07) is 9.52. The van der Waals surface area contributed by atoms with E-state index in [9.17, 15) is 4.79 Å². The van der Waals surface area contributed by atoms with Crippen LogP contribution in [0.25, 0.3) is 27.7 Å². The van der Waals surface area contributed by atoms with Crippen molar-refractivity contribution in [2.45, 2.75) is 34.1 Å². The second kappa shape index (κ2) is 10.9. The number of carbonyl (C=O) groups is 1. The van der Waals surface area contributed by atoms with Crippen LogP contribution in [0.5, 0.6) is 17.2 Å². The first-order chi connectivity index (χ1) is 15.9. The van der Waals surface area contributed by atoms with E-state index >= 15 is 0 Å². The number of methoxy groups -OCH3 is 2. The zero-order chi connectivity index (χ0) is 24.0. The molecule has 1 aromatic heterocycles. The van der Waals surface area contributed by atoms with Crippen molar-refractivity contribution in [1.29, 1.82) is 0 Å². The molecule has 176 valence electrons. The van der Waals surface area contributed by atoms with Crippen molar-refractivity contribution in [3.63, 3.8) is 0 Å². The Balaban J connectivity index is 2.06. The van der Waals surface area contributed by atoms with Gasteiger partial charge in [-0.2, -0.15) is 0 Å². The van der Waals surface area contributed by atoms with Crippen molar-refractivity contribution in [2.75, 3.05) is 27.4 Å². The molecule has 0 aliphatic rings. The Morgan fingerprint density at radius 2 is 1.88 bits per heavy atom. The molecule has 1 heterocycles. The van der Waals surface area contributed by atoms with Crippen molar-refractivity contribution in [3.05, 3.63) is 48.2 Å². The van der Waals surface area contributed by atoms with Gasteiger partial charge in [0, 0.05) is 40.8 Å². The minimum absolute atomic E-state index is 0.113. The smallest absolute Gasteiger partial charge is 0.244 e. The lowest BCUT2D eigenvalue weighted by Crippen LogP contribution is -2.23. The second-order valence-electron chi connectivity index (χ2n) is 8.29. The van der Waals surface area contributed by atoms with Crippen LogP contribution < -0.4 is 19.5 Å². The number of rotatable bonds is 10. The molecule has 0 bridgehead atoms. The molecule has 0 spiro atoms. The second-order valence-corrected chi connectivity index (χ2v) is 8.29. The fraction of sp³-hybridized carbons (Fsp3) is 0.370. The molecule has 1 amide bonds. The van der Waals surface area contributed by atoms with Crippen molar-refractivity contribution < 1.29 is 23.4 Å². The lowest BCUT2D eigenvalue weighted by Gasteiger charge is -2.13. The average molecular weight is 452 g/mol. The van der Waals surface area contributed by atoms with Crippen LogP contribution in [-0.4, -0.2) is 33.3 Å². The van der Waals surface area contributed by atoms with E-state index in [1.807, 2.05) is 44.2 Å². The number of benzene rings is 2. The summed E-state index contributed by atoms with van der Waals surface area (Å²) in [6.07, 6.45) is 4.27. The van der Waals surface area contributed by atoms with E-state index < -0.39 is 0 Å². The summed E-state index contributed by atoms with van der Waals surface area (Å²) in [5.74, 6) is 2.53. The highest BCUT2D eigenvalue weighted by molar-refractivity contribution is 6.01. The number of hydrogen-bond acceptors (Lipinski definition) is 5. The number of fused-ring (bicyclic) bond motifs is 1. The maximum Gasteiger partial charge on any atom is 0.244 e. The van der Waals surface area contributed by atoms with Crippen molar-refractivity contribution in [1.82, 2.24) is 5.32 Å². The summed E-state index contributed by atoms with van der Waals surface area (Å²) in [4.78, 5) is 12.5. The molecule has 0 aliphatic heterocycles. The van der Waals surface area contributed by atoms with Crippen LogP contribution in [0.1, 0.15) is 39.7 Å². The number of carbonyl (C=O) groups excluding carboxylic acids is 1. The third-order valence-corrected chi connectivity index (χ3v) is 5.47. The minimum atomic E-state index is -0.113. The van der Waals surface area contributed by atoms with Gasteiger partial charge in [-0.25, -0.2) is 0 Å². The first kappa shape index (κ1) is 24.2. The Morgan fingerprint density at radius 1 is 1.09 bits per heavy atom. The molecule has 33 heavy (non-hydrogen) atoms. The van der Waals surface area contributed by atoms with E-state index in [0.717, 1.165) is 39.8 Å². The molecule has 3 rings (SSSR count). The predicted octanol–water partition coefficient (Wildman–Crippen LogP) is 6.08. The van der Waals surface area contributed by atoms with Crippen LogP contribution in [-0.2, 0) is 4.79 Å². The van der Waals surface area contributed by atoms with Gasteiger partial charge in [-0.1, -0.05) is 13.8 Å². The predicted molar refractivity (Wildman–Crippen MR) is 132 cm³/mol. The lowest BCUT2D eigenvalue weighted by molar-refractivity contribution is -0.116. The fourth-order valence-corrected chi connectivity index (χ4v) is 3.68. The fourth-order valence-electron chi connectivity index (χ4n) is 3.68. The molecule has 2 aromatic carbocycles. The van der Waals surface area contributed by atoms with Crippen LogP contribution in [0, 0.1) is 5.92 Å². The van der Waals surface area contributed by atoms with Gasteiger partial charge < -0.3 is 23.9 Å². The molecule has 0 aliphatic carbocycles. The van der Waals surface area contributed by atoms with E-state index in [1.165, 1.54) is 0 Å². The van der Waals surface area contributed by atoms with E-state index in [1.54, 1.807) is 26.6 Å². The van der Waals surface area contributed by atoms with Gasteiger partial charge >= 0.3 is 0 Å². The molecule has 0 radical (unpaired) electrons. The maximum atomic E-state index is 12.5. The third-order valence-electron chi connectivity index (χ3n) is 5.47. The van der Waals surface area contributed by atoms with Crippen molar-refractivity contribution in [3.8, 4) is 28.4 Å². The molecule has 0 saturated heterocycles. The lowest BCUT2D eigenvalue weighted by atomic mass is 9.98. The van der Waals surface area contributed by atoms with E-state index in [0.29, 0.717) is 36.2 Å². The molecule has 3 aromatic rings. The number of furan rings is 1. The summed E-state index contributed by atoms with van der Waals surface area (Å²) in [5, 5.41) is 3.85. The highest BCUT2D eigenvalue weighted by Gasteiger charge is 2.18. The van der Waals surface area contributed by atoms with Crippen LogP contribution in [0.4, 0.5) is 0 Å². The number of nitrogens with one attached hydrogen (secondary N) is 1. The van der Waals surface area contributed by atoms with Gasteiger partial charge in [-0.15, -0.1) is 0 Å². The van der Waals surface area contributed by atoms with Crippen molar-refractivity contribution in [2.24, 2.45) is 5.92 Å². The summed E-state index contributed by atoms with van der Waals surface area (Å²) >= 11 is 0. The topological polar surface area (TPSA) is 69.9 Å². The largest absolute Gasteiger partial charge is 0.497 e. The first-order valence-corrected chi connectivity index (χ1v) is 11.2. The normalized spacial score (nSPS) is 11.7. The summed E-state index contributed by atoms with van der Waals surface area (Å²) < 4.78 is 22.7. The maximum absolute atomic E-state index is 12.5. The minimum Gasteiger partial charge on any atom is -0.497 e. The quantitative estimate of drug-likeness (QED) is 0.378. The number of ether oxygens (including phenoxy) is 3. The average Bonchev–Trinajstić information content (AvgIpc) is 3.20. The Labute approximate surface area is 195 Å². The Bertz CT molecular complexity index is 1140. The Morgan fingerprint density at radius 3 is 2.55 bits per heavy atom. The molecule has 0 atom stereocenters. The van der Waals surface area contributed by atoms with Crippen molar-refractivity contribution >= 4 is 22.4 Å². The highest BCUT2D eigenvalue weighted by atomic mass is 16.5. The Kier molecular flexibility index (Phi) is 8.04. The highest BCUT2D eigenvalue weighted by Crippen LogP contribution is 2.41. The first-order valence-electron chi connectivity index (χ1n) is 11.2. The van der Waals surface area contributed by atoms with Gasteiger partial charge in [0.15, 0.2) is 0 Å². The van der Waals surface area contributed by atoms with E-state index in [2.05, 4.69) is 19.2 Å². The van der Waals surface area contributed by atoms with Gasteiger partial charge in [0.1, 0.15) is 22.8 Å². The molecule has 6 nitrogen and oxygen atoms in total. The number of allylic oxidation sites excluding steroid dienone is 1. The van der Waals surface area contributed by atoms with Crippen LogP contribution in [0.15, 0.2) is 47.1 Å². The number of hydrogen-bond donors (Lipinski definition) is 1. The van der Waals surface area contributed by atoms with Gasteiger partial charge in [-0.05, 0) is 56.0 Å². The van der Waals surface area contributed by atoms with Gasteiger partial charge in [0.2, 0.25) is 5.91 Å². The van der Waals surface area contributed by atoms with E-state index in [4.69, 9.17) is 18.6 Å². The van der Waals surface area contributed by atoms with E-state index in [-0.39, 0.29) is 5.91 Å². The monoisotopic (exact) mass is 451 g/mol. The van der Waals surface area contributed by atoms with Crippen LogP contribution in [0.2, 0.25) is 0 Å². The molecule has 0 fully saturated rings.